The molecule has 3 unspecified atom stereocenters. The number of rotatable bonds is 4. The van der Waals surface area contributed by atoms with Gasteiger partial charge in [-0.3, -0.25) is 4.79 Å². The number of Topliss-reactive ketones (excluding diaryl/α,β-unsaturated/α-hetero) is 1. The monoisotopic (exact) mass is 226 g/mol. The number of hydrogen-bond acceptors (Lipinski definition) is 2. The molecule has 1 fully saturated rings. The van der Waals surface area contributed by atoms with Crippen molar-refractivity contribution in [2.24, 2.45) is 23.7 Å². The Morgan fingerprint density at radius 2 is 1.69 bits per heavy atom. The van der Waals surface area contributed by atoms with Crippen LogP contribution in [0.4, 0.5) is 0 Å². The van der Waals surface area contributed by atoms with E-state index in [4.69, 9.17) is 4.74 Å². The Hall–Kier alpha value is -0.370. The Bertz CT molecular complexity index is 225. The first-order valence-corrected chi connectivity index (χ1v) is 6.55. The first-order valence-electron chi connectivity index (χ1n) is 6.55. The Balaban J connectivity index is 2.80. The van der Waals surface area contributed by atoms with E-state index in [1.807, 2.05) is 13.8 Å². The molecule has 0 aliphatic heterocycles. The molecule has 0 N–H and O–H groups in total. The van der Waals surface area contributed by atoms with Crippen LogP contribution in [0.15, 0.2) is 0 Å². The molecule has 1 rings (SSSR count). The minimum absolute atomic E-state index is 0.0753. The molecule has 0 saturated heterocycles. The SMILES string of the molecule is COC(C(=O)C(C)C)C1C(C)CCCC1C. The summed E-state index contributed by atoms with van der Waals surface area (Å²) < 4.78 is 5.50. The average molecular weight is 226 g/mol. The highest BCUT2D eigenvalue weighted by Gasteiger charge is 2.38. The zero-order chi connectivity index (χ0) is 12.3. The van der Waals surface area contributed by atoms with E-state index in [1.165, 1.54) is 19.3 Å². The fraction of sp³-hybridized carbons (Fsp3) is 0.929. The summed E-state index contributed by atoms with van der Waals surface area (Å²) in [5.74, 6) is 1.97. The summed E-state index contributed by atoms with van der Waals surface area (Å²) >= 11 is 0. The summed E-state index contributed by atoms with van der Waals surface area (Å²) in [6, 6.07) is 0. The second-order valence-corrected chi connectivity index (χ2v) is 5.68. The van der Waals surface area contributed by atoms with Crippen molar-refractivity contribution >= 4 is 5.78 Å². The van der Waals surface area contributed by atoms with Gasteiger partial charge in [-0.25, -0.2) is 0 Å². The topological polar surface area (TPSA) is 26.3 Å². The molecule has 0 aromatic rings. The Morgan fingerprint density at radius 3 is 2.06 bits per heavy atom. The highest BCUT2D eigenvalue weighted by Crippen LogP contribution is 2.38. The van der Waals surface area contributed by atoms with Crippen molar-refractivity contribution in [3.05, 3.63) is 0 Å². The van der Waals surface area contributed by atoms with Gasteiger partial charge in [-0.05, 0) is 17.8 Å². The van der Waals surface area contributed by atoms with Crippen LogP contribution in [0.1, 0.15) is 47.0 Å². The fourth-order valence-corrected chi connectivity index (χ4v) is 3.10. The zero-order valence-corrected chi connectivity index (χ0v) is 11.3. The molecule has 16 heavy (non-hydrogen) atoms. The van der Waals surface area contributed by atoms with E-state index in [2.05, 4.69) is 13.8 Å². The molecular formula is C14H26O2. The lowest BCUT2D eigenvalue weighted by atomic mass is 9.69. The number of ketones is 1. The van der Waals surface area contributed by atoms with Crippen molar-refractivity contribution in [2.75, 3.05) is 7.11 Å². The van der Waals surface area contributed by atoms with Gasteiger partial charge in [0.2, 0.25) is 0 Å². The molecule has 0 bridgehead atoms. The van der Waals surface area contributed by atoms with Gasteiger partial charge in [0.1, 0.15) is 6.10 Å². The maximum absolute atomic E-state index is 12.1. The number of ether oxygens (including phenoxy) is 1. The van der Waals surface area contributed by atoms with Gasteiger partial charge in [0.05, 0.1) is 0 Å². The Kier molecular flexibility index (Phi) is 4.97. The van der Waals surface area contributed by atoms with E-state index in [9.17, 15) is 4.79 Å². The van der Waals surface area contributed by atoms with Crippen LogP contribution in [0, 0.1) is 23.7 Å². The number of carbonyl (C=O) groups is 1. The van der Waals surface area contributed by atoms with Gasteiger partial charge >= 0.3 is 0 Å². The van der Waals surface area contributed by atoms with Crippen LogP contribution < -0.4 is 0 Å². The molecular weight excluding hydrogens is 200 g/mol. The van der Waals surface area contributed by atoms with Gasteiger partial charge in [0.25, 0.3) is 0 Å². The molecule has 2 heteroatoms. The van der Waals surface area contributed by atoms with Gasteiger partial charge in [0, 0.05) is 13.0 Å². The summed E-state index contributed by atoms with van der Waals surface area (Å²) in [5, 5.41) is 0. The largest absolute Gasteiger partial charge is 0.373 e. The molecule has 0 amide bonds. The number of carbonyl (C=O) groups excluding carboxylic acids is 1. The second-order valence-electron chi connectivity index (χ2n) is 5.68. The quantitative estimate of drug-likeness (QED) is 0.735. The summed E-state index contributed by atoms with van der Waals surface area (Å²) in [4.78, 5) is 12.1. The van der Waals surface area contributed by atoms with Gasteiger partial charge in [-0.1, -0.05) is 47.0 Å². The predicted octanol–water partition coefficient (Wildman–Crippen LogP) is 3.30. The minimum atomic E-state index is -0.190. The Labute approximate surface area is 99.8 Å². The zero-order valence-electron chi connectivity index (χ0n) is 11.3. The van der Waals surface area contributed by atoms with E-state index in [0.717, 1.165) is 0 Å². The number of hydrogen-bond donors (Lipinski definition) is 0. The summed E-state index contributed by atoms with van der Waals surface area (Å²) in [6.45, 7) is 8.46. The number of methoxy groups -OCH3 is 1. The van der Waals surface area contributed by atoms with Gasteiger partial charge in [-0.2, -0.15) is 0 Å². The van der Waals surface area contributed by atoms with Crippen LogP contribution in [0.25, 0.3) is 0 Å². The first kappa shape index (κ1) is 13.7. The second kappa shape index (κ2) is 5.81. The summed E-state index contributed by atoms with van der Waals surface area (Å²) in [6.07, 6.45) is 3.58. The highest BCUT2D eigenvalue weighted by molar-refractivity contribution is 5.85. The van der Waals surface area contributed by atoms with Crippen molar-refractivity contribution in [1.29, 1.82) is 0 Å². The molecule has 94 valence electrons. The van der Waals surface area contributed by atoms with E-state index in [-0.39, 0.29) is 17.8 Å². The third-order valence-electron chi connectivity index (χ3n) is 4.09. The van der Waals surface area contributed by atoms with Crippen LogP contribution in [0.3, 0.4) is 0 Å². The Morgan fingerprint density at radius 1 is 1.19 bits per heavy atom. The van der Waals surface area contributed by atoms with Crippen molar-refractivity contribution in [3.8, 4) is 0 Å². The molecule has 0 radical (unpaired) electrons. The van der Waals surface area contributed by atoms with Crippen molar-refractivity contribution in [2.45, 2.75) is 53.1 Å². The lowest BCUT2D eigenvalue weighted by Gasteiger charge is -2.39. The van der Waals surface area contributed by atoms with Crippen molar-refractivity contribution in [3.63, 3.8) is 0 Å². The van der Waals surface area contributed by atoms with Crippen LogP contribution in [0.5, 0.6) is 0 Å². The van der Waals surface area contributed by atoms with Crippen LogP contribution in [-0.2, 0) is 9.53 Å². The first-order chi connectivity index (χ1) is 7.49. The normalized spacial score (nSPS) is 32.8. The summed E-state index contributed by atoms with van der Waals surface area (Å²) in [7, 11) is 1.68. The molecule has 0 aromatic heterocycles. The maximum Gasteiger partial charge on any atom is 0.164 e. The average Bonchev–Trinajstić information content (AvgIpc) is 2.22. The summed E-state index contributed by atoms with van der Waals surface area (Å²) in [5.41, 5.74) is 0. The van der Waals surface area contributed by atoms with E-state index < -0.39 is 0 Å². The minimum Gasteiger partial charge on any atom is -0.373 e. The molecule has 3 atom stereocenters. The molecule has 1 saturated carbocycles. The van der Waals surface area contributed by atoms with Gasteiger partial charge in [0.15, 0.2) is 5.78 Å². The van der Waals surface area contributed by atoms with Crippen LogP contribution >= 0.6 is 0 Å². The standard InChI is InChI=1S/C14H26O2/c1-9(2)13(15)14(16-5)12-10(3)7-6-8-11(12)4/h9-12,14H,6-8H2,1-5H3. The third-order valence-corrected chi connectivity index (χ3v) is 4.09. The van der Waals surface area contributed by atoms with Crippen LogP contribution in [-0.4, -0.2) is 19.0 Å². The molecule has 0 heterocycles. The van der Waals surface area contributed by atoms with Crippen molar-refractivity contribution in [1.82, 2.24) is 0 Å². The molecule has 0 aromatic carbocycles. The van der Waals surface area contributed by atoms with Gasteiger partial charge in [-0.15, -0.1) is 0 Å². The lowest BCUT2D eigenvalue weighted by Crippen LogP contribution is -2.42. The molecule has 0 spiro atoms. The lowest BCUT2D eigenvalue weighted by molar-refractivity contribution is -0.139. The molecule has 1 aliphatic carbocycles. The van der Waals surface area contributed by atoms with Crippen LogP contribution in [0.2, 0.25) is 0 Å². The van der Waals surface area contributed by atoms with E-state index in [1.54, 1.807) is 7.11 Å². The van der Waals surface area contributed by atoms with Crippen molar-refractivity contribution < 1.29 is 9.53 Å². The third kappa shape index (κ3) is 2.85. The highest BCUT2D eigenvalue weighted by atomic mass is 16.5. The van der Waals surface area contributed by atoms with E-state index in [0.29, 0.717) is 17.8 Å². The predicted molar refractivity (Wildman–Crippen MR) is 66.3 cm³/mol. The smallest absolute Gasteiger partial charge is 0.164 e. The fourth-order valence-electron chi connectivity index (χ4n) is 3.10. The van der Waals surface area contributed by atoms with Gasteiger partial charge < -0.3 is 4.74 Å². The van der Waals surface area contributed by atoms with E-state index >= 15 is 0 Å². The molecule has 2 nitrogen and oxygen atoms in total. The maximum atomic E-state index is 12.1. The molecule has 1 aliphatic rings.